The van der Waals surface area contributed by atoms with Gasteiger partial charge in [0.2, 0.25) is 5.91 Å². The molecule has 1 saturated heterocycles. The summed E-state index contributed by atoms with van der Waals surface area (Å²) in [5, 5.41) is 8.81. The van der Waals surface area contributed by atoms with Crippen LogP contribution in [0.3, 0.4) is 0 Å². The van der Waals surface area contributed by atoms with Crippen molar-refractivity contribution in [2.45, 2.75) is 24.3 Å². The van der Waals surface area contributed by atoms with Crippen LogP contribution in [0.4, 0.5) is 4.79 Å². The van der Waals surface area contributed by atoms with Gasteiger partial charge in [0.25, 0.3) is 0 Å². The molecule has 6 nitrogen and oxygen atoms in total. The summed E-state index contributed by atoms with van der Waals surface area (Å²) in [5.41, 5.74) is 4.89. The number of hydrogen-bond acceptors (Lipinski definition) is 5. The van der Waals surface area contributed by atoms with Gasteiger partial charge in [-0.2, -0.15) is 12.6 Å². The maximum absolute atomic E-state index is 11.4. The van der Waals surface area contributed by atoms with Crippen LogP contribution in [0, 0.1) is 0 Å². The zero-order valence-corrected chi connectivity index (χ0v) is 12.6. The molecular weight excluding hydrogens is 296 g/mol. The molecule has 2 rings (SSSR count). The Kier molecular flexibility index (Phi) is 5.27. The average Bonchev–Trinajstić information content (AvgIpc) is 3.02. The van der Waals surface area contributed by atoms with Gasteiger partial charge >= 0.3 is 6.03 Å². The Morgan fingerprint density at radius 3 is 2.90 bits per heavy atom. The molecule has 2 heterocycles. The van der Waals surface area contributed by atoms with Crippen LogP contribution in [-0.2, 0) is 11.3 Å². The highest BCUT2D eigenvalue weighted by Crippen LogP contribution is 2.30. The smallest absolute Gasteiger partial charge is 0.312 e. The van der Waals surface area contributed by atoms with Crippen molar-refractivity contribution in [3.63, 3.8) is 0 Å². The van der Waals surface area contributed by atoms with Crippen LogP contribution < -0.4 is 21.7 Å². The molecule has 1 aliphatic rings. The van der Waals surface area contributed by atoms with Gasteiger partial charge in [-0.05, 0) is 18.6 Å². The molecule has 110 valence electrons. The van der Waals surface area contributed by atoms with Crippen molar-refractivity contribution >= 4 is 35.9 Å². The average molecular weight is 314 g/mol. The van der Waals surface area contributed by atoms with E-state index >= 15 is 0 Å². The fourth-order valence-corrected chi connectivity index (χ4v) is 3.38. The highest BCUT2D eigenvalue weighted by atomic mass is 32.1. The Hall–Kier alpha value is -1.25. The number of urea groups is 1. The first-order valence-corrected chi connectivity index (χ1v) is 7.68. The predicted molar refractivity (Wildman–Crippen MR) is 81.9 cm³/mol. The fraction of sp³-hybridized carbons (Fsp3) is 0.500. The minimum Gasteiger partial charge on any atom is -0.352 e. The van der Waals surface area contributed by atoms with Crippen LogP contribution in [0.5, 0.6) is 0 Å². The van der Waals surface area contributed by atoms with Gasteiger partial charge < -0.3 is 21.7 Å². The Balaban J connectivity index is 1.78. The first-order chi connectivity index (χ1) is 9.54. The largest absolute Gasteiger partial charge is 0.352 e. The Bertz CT molecular complexity index is 492. The maximum Gasteiger partial charge on any atom is 0.312 e. The minimum atomic E-state index is -0.702. The number of nitrogens with one attached hydrogen (secondary N) is 3. The molecule has 0 bridgehead atoms. The molecule has 5 N–H and O–H groups in total. The number of carbonyl (C=O) groups is 2. The summed E-state index contributed by atoms with van der Waals surface area (Å²) >= 11 is 6.13. The second-order valence-electron chi connectivity index (χ2n) is 4.65. The fourth-order valence-electron chi connectivity index (χ4n) is 2.03. The van der Waals surface area contributed by atoms with Crippen molar-refractivity contribution in [3.05, 3.63) is 21.9 Å². The molecule has 1 aliphatic heterocycles. The molecule has 0 spiro atoms. The van der Waals surface area contributed by atoms with Gasteiger partial charge in [0, 0.05) is 27.6 Å². The van der Waals surface area contributed by atoms with E-state index in [9.17, 15) is 9.59 Å². The lowest BCUT2D eigenvalue weighted by Gasteiger charge is -2.06. The summed E-state index contributed by atoms with van der Waals surface area (Å²) in [6.07, 6.45) is 1.03. The number of carbonyl (C=O) groups excluding carboxylic acids is 2. The van der Waals surface area contributed by atoms with Crippen molar-refractivity contribution in [2.75, 3.05) is 13.1 Å². The van der Waals surface area contributed by atoms with Crippen LogP contribution in [0.2, 0.25) is 0 Å². The predicted octanol–water partition coefficient (Wildman–Crippen LogP) is 0.365. The highest BCUT2D eigenvalue weighted by molar-refractivity contribution is 7.81. The van der Waals surface area contributed by atoms with Crippen molar-refractivity contribution in [2.24, 2.45) is 5.73 Å². The van der Waals surface area contributed by atoms with Crippen molar-refractivity contribution in [1.82, 2.24) is 16.0 Å². The zero-order chi connectivity index (χ0) is 14.5. The van der Waals surface area contributed by atoms with Gasteiger partial charge in [-0.15, -0.1) is 11.3 Å². The first-order valence-electron chi connectivity index (χ1n) is 6.34. The third kappa shape index (κ3) is 4.39. The van der Waals surface area contributed by atoms with E-state index in [1.165, 1.54) is 4.88 Å². The normalized spacial score (nSPS) is 21.6. The number of nitrogens with two attached hydrogens (primary N) is 1. The summed E-state index contributed by atoms with van der Waals surface area (Å²) in [6, 6.07) is 3.75. The Morgan fingerprint density at radius 2 is 2.25 bits per heavy atom. The summed E-state index contributed by atoms with van der Waals surface area (Å²) in [5.74, 6) is -0.256. The Morgan fingerprint density at radius 1 is 1.45 bits per heavy atom. The molecule has 0 aliphatic carbocycles. The van der Waals surface area contributed by atoms with Gasteiger partial charge in [-0.25, -0.2) is 4.79 Å². The molecule has 1 aromatic heterocycles. The van der Waals surface area contributed by atoms with E-state index in [2.05, 4.69) is 34.6 Å². The zero-order valence-electron chi connectivity index (χ0n) is 10.9. The molecule has 0 saturated carbocycles. The summed E-state index contributed by atoms with van der Waals surface area (Å²) in [6.45, 7) is 1.29. The minimum absolute atomic E-state index is 0.0981. The number of hydrogen-bond donors (Lipinski definition) is 5. The molecule has 1 aromatic rings. The number of rotatable bonds is 5. The van der Waals surface area contributed by atoms with Gasteiger partial charge in [0.05, 0.1) is 13.1 Å². The number of thiol groups is 1. The molecular formula is C12H18N4O2S2. The molecule has 0 radical (unpaired) electrons. The molecule has 0 aromatic carbocycles. The molecule has 20 heavy (non-hydrogen) atoms. The van der Waals surface area contributed by atoms with Crippen LogP contribution in [0.15, 0.2) is 12.1 Å². The van der Waals surface area contributed by atoms with Crippen molar-refractivity contribution in [1.29, 1.82) is 0 Å². The van der Waals surface area contributed by atoms with E-state index in [4.69, 9.17) is 5.73 Å². The van der Waals surface area contributed by atoms with Crippen LogP contribution in [0.1, 0.15) is 22.2 Å². The maximum atomic E-state index is 11.4. The molecule has 1 unspecified atom stereocenters. The first kappa shape index (κ1) is 15.1. The highest BCUT2D eigenvalue weighted by Gasteiger charge is 2.23. The summed E-state index contributed by atoms with van der Waals surface area (Å²) in [7, 11) is 0. The van der Waals surface area contributed by atoms with E-state index in [0.717, 1.165) is 17.8 Å². The van der Waals surface area contributed by atoms with Crippen LogP contribution in [0.25, 0.3) is 0 Å². The van der Waals surface area contributed by atoms with E-state index in [-0.39, 0.29) is 12.5 Å². The standard InChI is InChI=1S/C12H18N4O2S2/c13-12(18)16-6-11(17)15-5-8-1-2-10(20-8)9-3-7(19)4-14-9/h1-2,7,9,14,19H,3-6H2,(H,15,17)(H3,13,16,18)/t7-,9?/m0/s1. The van der Waals surface area contributed by atoms with Gasteiger partial charge in [-0.3, -0.25) is 4.79 Å². The number of primary amides is 1. The molecule has 3 amide bonds. The second kappa shape index (κ2) is 6.96. The van der Waals surface area contributed by atoms with E-state index in [1.54, 1.807) is 11.3 Å². The molecule has 1 fully saturated rings. The number of amides is 3. The second-order valence-corrected chi connectivity index (χ2v) is 6.58. The van der Waals surface area contributed by atoms with E-state index < -0.39 is 6.03 Å². The van der Waals surface area contributed by atoms with Crippen LogP contribution >= 0.6 is 24.0 Å². The summed E-state index contributed by atoms with van der Waals surface area (Å²) < 4.78 is 0. The third-order valence-corrected chi connectivity index (χ3v) is 4.61. The van der Waals surface area contributed by atoms with Crippen LogP contribution in [-0.4, -0.2) is 30.3 Å². The van der Waals surface area contributed by atoms with Gasteiger partial charge in [0.1, 0.15) is 0 Å². The lowest BCUT2D eigenvalue weighted by atomic mass is 10.2. The van der Waals surface area contributed by atoms with Gasteiger partial charge in [-0.1, -0.05) is 0 Å². The van der Waals surface area contributed by atoms with Gasteiger partial charge in [0.15, 0.2) is 0 Å². The third-order valence-electron chi connectivity index (χ3n) is 3.02. The number of thiophene rings is 1. The summed E-state index contributed by atoms with van der Waals surface area (Å²) in [4.78, 5) is 24.2. The SMILES string of the molecule is NC(=O)NCC(=O)NCc1ccc(C2C[C@H](S)CN2)s1. The van der Waals surface area contributed by atoms with Crippen molar-refractivity contribution < 1.29 is 9.59 Å². The van der Waals surface area contributed by atoms with E-state index in [0.29, 0.717) is 17.8 Å². The quantitative estimate of drug-likeness (QED) is 0.508. The molecule has 8 heteroatoms. The monoisotopic (exact) mass is 314 g/mol. The van der Waals surface area contributed by atoms with E-state index in [1.807, 2.05) is 6.07 Å². The topological polar surface area (TPSA) is 96.2 Å². The Labute approximate surface area is 126 Å². The lowest BCUT2D eigenvalue weighted by molar-refractivity contribution is -0.120. The molecule has 2 atom stereocenters. The van der Waals surface area contributed by atoms with Crippen molar-refractivity contribution in [3.8, 4) is 0 Å². The lowest BCUT2D eigenvalue weighted by Crippen LogP contribution is -2.39.